The van der Waals surface area contributed by atoms with Crippen LogP contribution in [0.15, 0.2) is 6.20 Å². The highest BCUT2D eigenvalue weighted by atomic mass is 35.5. The Morgan fingerprint density at radius 2 is 2.27 bits per heavy atom. The lowest BCUT2D eigenvalue weighted by Gasteiger charge is -2.16. The van der Waals surface area contributed by atoms with Crippen molar-refractivity contribution in [3.63, 3.8) is 0 Å². The molecule has 0 spiro atoms. The first-order valence-corrected chi connectivity index (χ1v) is 5.34. The fourth-order valence-electron chi connectivity index (χ4n) is 1.34. The normalized spacial score (nSPS) is 13.5. The van der Waals surface area contributed by atoms with Gasteiger partial charge in [0.2, 0.25) is 0 Å². The minimum atomic E-state index is -0.586. The van der Waals surface area contributed by atoms with E-state index in [9.17, 15) is 5.11 Å². The Kier molecular flexibility index (Phi) is 4.57. The van der Waals surface area contributed by atoms with Gasteiger partial charge >= 0.3 is 0 Å². The third-order valence-corrected chi connectivity index (χ3v) is 2.54. The summed E-state index contributed by atoms with van der Waals surface area (Å²) in [5.41, 5.74) is 0.670. The van der Waals surface area contributed by atoms with Crippen LogP contribution in [-0.2, 0) is 11.3 Å². The van der Waals surface area contributed by atoms with Gasteiger partial charge in [-0.25, -0.2) is 0 Å². The van der Waals surface area contributed by atoms with E-state index in [0.717, 1.165) is 0 Å². The van der Waals surface area contributed by atoms with Gasteiger partial charge in [-0.15, -0.1) is 0 Å². The Balaban J connectivity index is 2.88. The Bertz CT molecular complexity index is 312. The standard InChI is InChI=1S/C10H17ClN2O2/c1-7(2)10(14)9-8(11)6-12-13(9)4-5-15-3/h6-7,10,14H,4-5H2,1-3H3. The van der Waals surface area contributed by atoms with E-state index in [1.54, 1.807) is 18.0 Å². The molecule has 1 aromatic rings. The molecule has 86 valence electrons. The molecule has 1 unspecified atom stereocenters. The van der Waals surface area contributed by atoms with Crippen LogP contribution >= 0.6 is 11.6 Å². The van der Waals surface area contributed by atoms with Gasteiger partial charge in [-0.05, 0) is 5.92 Å². The molecule has 1 rings (SSSR count). The third kappa shape index (κ3) is 2.93. The van der Waals surface area contributed by atoms with E-state index in [1.165, 1.54) is 0 Å². The van der Waals surface area contributed by atoms with E-state index in [4.69, 9.17) is 16.3 Å². The van der Waals surface area contributed by atoms with Crippen molar-refractivity contribution in [2.45, 2.75) is 26.5 Å². The first-order valence-electron chi connectivity index (χ1n) is 4.96. The van der Waals surface area contributed by atoms with Crippen molar-refractivity contribution >= 4 is 11.6 Å². The van der Waals surface area contributed by atoms with E-state index in [2.05, 4.69) is 5.10 Å². The van der Waals surface area contributed by atoms with E-state index < -0.39 is 6.10 Å². The van der Waals surface area contributed by atoms with Crippen LogP contribution in [0.2, 0.25) is 5.02 Å². The zero-order valence-corrected chi connectivity index (χ0v) is 10.0. The highest BCUT2D eigenvalue weighted by Crippen LogP contribution is 2.27. The number of aliphatic hydroxyl groups is 1. The Labute approximate surface area is 94.8 Å². The molecule has 0 saturated carbocycles. The topological polar surface area (TPSA) is 47.3 Å². The maximum Gasteiger partial charge on any atom is 0.0994 e. The molecular weight excluding hydrogens is 216 g/mol. The number of aromatic nitrogens is 2. The van der Waals surface area contributed by atoms with Crippen molar-refractivity contribution in [3.05, 3.63) is 16.9 Å². The molecule has 0 aromatic carbocycles. The number of aliphatic hydroxyl groups excluding tert-OH is 1. The van der Waals surface area contributed by atoms with Crippen molar-refractivity contribution in [2.75, 3.05) is 13.7 Å². The summed E-state index contributed by atoms with van der Waals surface area (Å²) in [7, 11) is 1.63. The fraction of sp³-hybridized carbons (Fsp3) is 0.700. The lowest BCUT2D eigenvalue weighted by Crippen LogP contribution is -2.15. The molecule has 0 aliphatic carbocycles. The molecule has 1 atom stereocenters. The average molecular weight is 233 g/mol. The summed E-state index contributed by atoms with van der Waals surface area (Å²) in [5.74, 6) is 0.112. The molecule has 15 heavy (non-hydrogen) atoms. The van der Waals surface area contributed by atoms with Crippen molar-refractivity contribution in [2.24, 2.45) is 5.92 Å². The van der Waals surface area contributed by atoms with Gasteiger partial charge in [0.05, 0.1) is 36.2 Å². The SMILES string of the molecule is COCCn1ncc(Cl)c1C(O)C(C)C. The van der Waals surface area contributed by atoms with Crippen LogP contribution in [0.1, 0.15) is 25.6 Å². The summed E-state index contributed by atoms with van der Waals surface area (Å²) < 4.78 is 6.66. The summed E-state index contributed by atoms with van der Waals surface area (Å²) in [6, 6.07) is 0. The van der Waals surface area contributed by atoms with Crippen LogP contribution in [0.5, 0.6) is 0 Å². The Morgan fingerprint density at radius 3 is 2.80 bits per heavy atom. The van der Waals surface area contributed by atoms with Crippen LogP contribution in [-0.4, -0.2) is 28.6 Å². The molecule has 4 nitrogen and oxygen atoms in total. The maximum absolute atomic E-state index is 9.96. The Hall–Kier alpha value is -0.580. The number of hydrogen-bond acceptors (Lipinski definition) is 3. The average Bonchev–Trinajstić information content (AvgIpc) is 2.55. The molecular formula is C10H17ClN2O2. The molecule has 0 radical (unpaired) electrons. The van der Waals surface area contributed by atoms with Gasteiger partial charge in [0.15, 0.2) is 0 Å². The quantitative estimate of drug-likeness (QED) is 0.843. The minimum absolute atomic E-state index is 0.112. The second-order valence-electron chi connectivity index (χ2n) is 3.78. The maximum atomic E-state index is 9.96. The van der Waals surface area contributed by atoms with E-state index in [1.807, 2.05) is 13.8 Å². The molecule has 0 amide bonds. The van der Waals surface area contributed by atoms with Crippen LogP contribution < -0.4 is 0 Å². The number of rotatable bonds is 5. The molecule has 0 aliphatic rings. The van der Waals surface area contributed by atoms with Crippen LogP contribution in [0.3, 0.4) is 0 Å². The molecule has 5 heteroatoms. The minimum Gasteiger partial charge on any atom is -0.386 e. The monoisotopic (exact) mass is 232 g/mol. The van der Waals surface area contributed by atoms with Crippen molar-refractivity contribution in [1.29, 1.82) is 0 Å². The van der Waals surface area contributed by atoms with Crippen LogP contribution in [0, 0.1) is 5.92 Å². The number of nitrogens with zero attached hydrogens (tertiary/aromatic N) is 2. The highest BCUT2D eigenvalue weighted by molar-refractivity contribution is 6.31. The van der Waals surface area contributed by atoms with Crippen molar-refractivity contribution in [3.8, 4) is 0 Å². The van der Waals surface area contributed by atoms with Gasteiger partial charge in [-0.1, -0.05) is 25.4 Å². The molecule has 1 heterocycles. The number of methoxy groups -OCH3 is 1. The summed E-state index contributed by atoms with van der Waals surface area (Å²) in [6.45, 7) is 5.03. The summed E-state index contributed by atoms with van der Waals surface area (Å²) in [6.07, 6.45) is 0.967. The highest BCUT2D eigenvalue weighted by Gasteiger charge is 2.20. The predicted molar refractivity (Wildman–Crippen MR) is 58.9 cm³/mol. The lowest BCUT2D eigenvalue weighted by molar-refractivity contribution is 0.112. The molecule has 0 aliphatic heterocycles. The van der Waals surface area contributed by atoms with Gasteiger partial charge in [0.25, 0.3) is 0 Å². The summed E-state index contributed by atoms with van der Waals surface area (Å²) >= 11 is 5.98. The van der Waals surface area contributed by atoms with Gasteiger partial charge < -0.3 is 9.84 Å². The van der Waals surface area contributed by atoms with Gasteiger partial charge in [0.1, 0.15) is 0 Å². The molecule has 0 saturated heterocycles. The fourth-order valence-corrected chi connectivity index (χ4v) is 1.59. The molecule has 1 N–H and O–H groups in total. The molecule has 1 aromatic heterocycles. The van der Waals surface area contributed by atoms with Crippen molar-refractivity contribution in [1.82, 2.24) is 9.78 Å². The summed E-state index contributed by atoms with van der Waals surface area (Å²) in [4.78, 5) is 0. The van der Waals surface area contributed by atoms with Gasteiger partial charge in [-0.3, -0.25) is 4.68 Å². The third-order valence-electron chi connectivity index (χ3n) is 2.25. The molecule has 0 bridgehead atoms. The van der Waals surface area contributed by atoms with Crippen LogP contribution in [0.25, 0.3) is 0 Å². The zero-order valence-electron chi connectivity index (χ0n) is 9.27. The van der Waals surface area contributed by atoms with Crippen LogP contribution in [0.4, 0.5) is 0 Å². The zero-order chi connectivity index (χ0) is 11.4. The first kappa shape index (κ1) is 12.5. The molecule has 0 fully saturated rings. The van der Waals surface area contributed by atoms with E-state index in [0.29, 0.717) is 23.9 Å². The second kappa shape index (κ2) is 5.49. The van der Waals surface area contributed by atoms with E-state index >= 15 is 0 Å². The number of hydrogen-bond donors (Lipinski definition) is 1. The van der Waals surface area contributed by atoms with Gasteiger partial charge in [0, 0.05) is 7.11 Å². The van der Waals surface area contributed by atoms with Crippen molar-refractivity contribution < 1.29 is 9.84 Å². The van der Waals surface area contributed by atoms with Gasteiger partial charge in [-0.2, -0.15) is 5.10 Å². The second-order valence-corrected chi connectivity index (χ2v) is 4.19. The first-order chi connectivity index (χ1) is 7.07. The largest absolute Gasteiger partial charge is 0.386 e. The predicted octanol–water partition coefficient (Wildman–Crippen LogP) is 1.87. The van der Waals surface area contributed by atoms with E-state index in [-0.39, 0.29) is 5.92 Å². The Morgan fingerprint density at radius 1 is 1.60 bits per heavy atom. The number of halogens is 1. The lowest BCUT2D eigenvalue weighted by atomic mass is 10.0. The number of ether oxygens (including phenoxy) is 1. The smallest absolute Gasteiger partial charge is 0.0994 e. The summed E-state index contributed by atoms with van der Waals surface area (Å²) in [5, 5.41) is 14.6.